The van der Waals surface area contributed by atoms with E-state index in [0.29, 0.717) is 5.69 Å². The second-order valence-corrected chi connectivity index (χ2v) is 7.37. The molecule has 1 aliphatic heterocycles. The highest BCUT2D eigenvalue weighted by Gasteiger charge is 2.24. The van der Waals surface area contributed by atoms with Crippen LogP contribution in [0.1, 0.15) is 30.1 Å². The summed E-state index contributed by atoms with van der Waals surface area (Å²) >= 11 is 0. The third-order valence-electron chi connectivity index (χ3n) is 3.73. The van der Waals surface area contributed by atoms with Crippen molar-refractivity contribution in [1.29, 1.82) is 0 Å². The van der Waals surface area contributed by atoms with Crippen molar-refractivity contribution < 1.29 is 23.1 Å². The quantitative estimate of drug-likeness (QED) is 0.775. The average Bonchev–Trinajstić information content (AvgIpc) is 3.00. The number of rotatable bonds is 7. The lowest BCUT2D eigenvalue weighted by molar-refractivity contribution is 0.0697. The fourth-order valence-electron chi connectivity index (χ4n) is 2.70. The Hall–Kier alpha value is -1.64. The van der Waals surface area contributed by atoms with Gasteiger partial charge in [0.25, 0.3) is 0 Å². The molecule has 0 amide bonds. The first kappa shape index (κ1) is 17.7. The highest BCUT2D eigenvalue weighted by atomic mass is 32.2. The molecule has 0 saturated carbocycles. The lowest BCUT2D eigenvalue weighted by Crippen LogP contribution is -2.35. The van der Waals surface area contributed by atoms with Gasteiger partial charge in [-0.1, -0.05) is 0 Å². The Balaban J connectivity index is 2.33. The van der Waals surface area contributed by atoms with Crippen LogP contribution in [-0.2, 0) is 14.8 Å². The summed E-state index contributed by atoms with van der Waals surface area (Å²) in [7, 11) is -2.31. The molecule has 2 N–H and O–H groups in total. The van der Waals surface area contributed by atoms with Gasteiger partial charge in [-0.05, 0) is 38.0 Å². The summed E-state index contributed by atoms with van der Waals surface area (Å²) in [5.41, 5.74) is 0.577. The summed E-state index contributed by atoms with van der Waals surface area (Å²) < 4.78 is 32.1. The molecule has 8 heteroatoms. The van der Waals surface area contributed by atoms with E-state index in [1.165, 1.54) is 19.2 Å². The summed E-state index contributed by atoms with van der Waals surface area (Å²) in [6, 6.07) is 3.83. The molecule has 1 fully saturated rings. The molecule has 1 aliphatic rings. The monoisotopic (exact) mass is 342 g/mol. The Bertz CT molecular complexity index is 668. The van der Waals surface area contributed by atoms with Crippen molar-refractivity contribution in [3.63, 3.8) is 0 Å². The Kier molecular flexibility index (Phi) is 5.61. The molecule has 0 unspecified atom stereocenters. The van der Waals surface area contributed by atoms with Gasteiger partial charge < -0.3 is 14.7 Å². The van der Waals surface area contributed by atoms with Crippen LogP contribution in [0.5, 0.6) is 0 Å². The number of hydrogen-bond acceptors (Lipinski definition) is 5. The van der Waals surface area contributed by atoms with Gasteiger partial charge in [-0.3, -0.25) is 0 Å². The largest absolute Gasteiger partial charge is 0.478 e. The molecule has 1 saturated heterocycles. The molecule has 23 heavy (non-hydrogen) atoms. The lowest BCUT2D eigenvalue weighted by atomic mass is 10.1. The zero-order valence-electron chi connectivity index (χ0n) is 13.3. The van der Waals surface area contributed by atoms with Gasteiger partial charge in [-0.25, -0.2) is 17.9 Å². The number of carboxylic acid groups (broad SMARTS) is 1. The first-order valence-corrected chi connectivity index (χ1v) is 8.97. The summed E-state index contributed by atoms with van der Waals surface area (Å²) in [4.78, 5) is 13.4. The van der Waals surface area contributed by atoms with E-state index < -0.39 is 22.0 Å². The maximum Gasteiger partial charge on any atom is 0.337 e. The smallest absolute Gasteiger partial charge is 0.337 e. The molecule has 0 aliphatic carbocycles. The number of nitrogens with zero attached hydrogens (tertiary/aromatic N) is 1. The highest BCUT2D eigenvalue weighted by Crippen LogP contribution is 2.27. The number of sulfonamides is 1. The fraction of sp³-hybridized carbons (Fsp3) is 0.533. The lowest BCUT2D eigenvalue weighted by Gasteiger charge is -2.21. The van der Waals surface area contributed by atoms with Gasteiger partial charge in [0.15, 0.2) is 0 Å². The van der Waals surface area contributed by atoms with Crippen LogP contribution in [0.2, 0.25) is 0 Å². The number of aromatic carboxylic acids is 1. The van der Waals surface area contributed by atoms with E-state index in [2.05, 4.69) is 4.72 Å². The van der Waals surface area contributed by atoms with Crippen molar-refractivity contribution in [2.24, 2.45) is 0 Å². The standard InChI is InChI=1S/C15H22N2O5S/c1-11(10-22-2)16-23(20,21)12-5-6-14(13(9-12)15(18)19)17-7-3-4-8-17/h5-6,9,11,16H,3-4,7-8,10H2,1-2H3,(H,18,19)/t11-/m1/s1. The zero-order chi connectivity index (χ0) is 17.0. The van der Waals surface area contributed by atoms with Crippen LogP contribution in [0, 0.1) is 0 Å². The molecular weight excluding hydrogens is 320 g/mol. The van der Waals surface area contributed by atoms with Gasteiger partial charge in [0.1, 0.15) is 0 Å². The number of ether oxygens (including phenoxy) is 1. The van der Waals surface area contributed by atoms with E-state index >= 15 is 0 Å². The summed E-state index contributed by atoms with van der Waals surface area (Å²) in [5, 5.41) is 9.42. The number of anilines is 1. The minimum Gasteiger partial charge on any atom is -0.478 e. The number of methoxy groups -OCH3 is 1. The van der Waals surface area contributed by atoms with E-state index in [1.54, 1.807) is 13.0 Å². The number of hydrogen-bond donors (Lipinski definition) is 2. The maximum absolute atomic E-state index is 12.4. The maximum atomic E-state index is 12.4. The van der Waals surface area contributed by atoms with Crippen molar-refractivity contribution in [2.45, 2.75) is 30.7 Å². The van der Waals surface area contributed by atoms with Gasteiger partial charge in [0, 0.05) is 26.2 Å². The SMILES string of the molecule is COC[C@@H](C)NS(=O)(=O)c1ccc(N2CCCC2)c(C(=O)O)c1. The van der Waals surface area contributed by atoms with Crippen LogP contribution in [0.15, 0.2) is 23.1 Å². The Morgan fingerprint density at radius 2 is 2.04 bits per heavy atom. The normalized spacial score (nSPS) is 16.5. The zero-order valence-corrected chi connectivity index (χ0v) is 14.1. The molecule has 0 bridgehead atoms. The van der Waals surface area contributed by atoms with Crippen molar-refractivity contribution in [3.05, 3.63) is 23.8 Å². The van der Waals surface area contributed by atoms with Gasteiger partial charge >= 0.3 is 5.97 Å². The van der Waals surface area contributed by atoms with Gasteiger partial charge in [0.05, 0.1) is 22.8 Å². The van der Waals surface area contributed by atoms with Crippen molar-refractivity contribution in [1.82, 2.24) is 4.72 Å². The first-order valence-electron chi connectivity index (χ1n) is 7.48. The third-order valence-corrected chi connectivity index (χ3v) is 5.32. The van der Waals surface area contributed by atoms with E-state index in [-0.39, 0.29) is 17.1 Å². The Morgan fingerprint density at radius 1 is 1.39 bits per heavy atom. The number of carboxylic acids is 1. The average molecular weight is 342 g/mol. The second kappa shape index (κ2) is 7.29. The topological polar surface area (TPSA) is 95.9 Å². The molecule has 0 radical (unpaired) electrons. The molecule has 0 spiro atoms. The van der Waals surface area contributed by atoms with Crippen LogP contribution in [0.25, 0.3) is 0 Å². The fourth-order valence-corrected chi connectivity index (χ4v) is 3.96. The van der Waals surface area contributed by atoms with Crippen molar-refractivity contribution in [2.75, 3.05) is 31.7 Å². The minimum atomic E-state index is -3.79. The van der Waals surface area contributed by atoms with Crippen LogP contribution in [0.3, 0.4) is 0 Å². The Labute approximate surface area is 136 Å². The molecule has 2 rings (SSSR count). The molecule has 1 atom stereocenters. The predicted octanol–water partition coefficient (Wildman–Crippen LogP) is 1.30. The second-order valence-electron chi connectivity index (χ2n) is 5.66. The molecule has 0 aromatic heterocycles. The van der Waals surface area contributed by atoms with Crippen LogP contribution < -0.4 is 9.62 Å². The summed E-state index contributed by atoms with van der Waals surface area (Å²) in [5.74, 6) is -1.13. The third kappa shape index (κ3) is 4.21. The number of nitrogens with one attached hydrogen (secondary N) is 1. The molecular formula is C15H22N2O5S. The highest BCUT2D eigenvalue weighted by molar-refractivity contribution is 7.89. The Morgan fingerprint density at radius 3 is 2.61 bits per heavy atom. The predicted molar refractivity (Wildman–Crippen MR) is 86.5 cm³/mol. The molecule has 1 aromatic carbocycles. The van der Waals surface area contributed by atoms with Crippen LogP contribution in [-0.4, -0.2) is 52.3 Å². The first-order chi connectivity index (χ1) is 10.8. The van der Waals surface area contributed by atoms with Crippen LogP contribution >= 0.6 is 0 Å². The van der Waals surface area contributed by atoms with Crippen molar-refractivity contribution in [3.8, 4) is 0 Å². The van der Waals surface area contributed by atoms with Gasteiger partial charge in [-0.2, -0.15) is 0 Å². The van der Waals surface area contributed by atoms with E-state index in [9.17, 15) is 18.3 Å². The van der Waals surface area contributed by atoms with Gasteiger partial charge in [0.2, 0.25) is 10.0 Å². The van der Waals surface area contributed by atoms with Gasteiger partial charge in [-0.15, -0.1) is 0 Å². The van der Waals surface area contributed by atoms with E-state index in [1.807, 2.05) is 4.90 Å². The van der Waals surface area contributed by atoms with E-state index in [4.69, 9.17) is 4.74 Å². The number of benzene rings is 1. The summed E-state index contributed by atoms with van der Waals surface area (Å²) in [6.07, 6.45) is 2.02. The number of carbonyl (C=O) groups is 1. The molecule has 7 nitrogen and oxygen atoms in total. The van der Waals surface area contributed by atoms with Crippen LogP contribution in [0.4, 0.5) is 5.69 Å². The molecule has 1 aromatic rings. The molecule has 128 valence electrons. The van der Waals surface area contributed by atoms with Crippen molar-refractivity contribution >= 4 is 21.7 Å². The van der Waals surface area contributed by atoms with E-state index in [0.717, 1.165) is 25.9 Å². The minimum absolute atomic E-state index is 0.00849. The molecule has 1 heterocycles. The summed E-state index contributed by atoms with van der Waals surface area (Å²) in [6.45, 7) is 3.49.